The molecule has 15 heavy (non-hydrogen) atoms. The van der Waals surface area contributed by atoms with Crippen LogP contribution in [0.15, 0.2) is 24.3 Å². The molecule has 0 radical (unpaired) electrons. The lowest BCUT2D eigenvalue weighted by Crippen LogP contribution is -2.40. The van der Waals surface area contributed by atoms with Crippen molar-refractivity contribution in [2.75, 3.05) is 0 Å². The van der Waals surface area contributed by atoms with Gasteiger partial charge in [0.2, 0.25) is 0 Å². The molecule has 2 N–H and O–H groups in total. The molecule has 1 rings (SSSR count). The summed E-state index contributed by atoms with van der Waals surface area (Å²) in [4.78, 5) is 0. The largest absolute Gasteiger partial charge is 0.390 e. The van der Waals surface area contributed by atoms with E-state index in [0.717, 1.165) is 5.56 Å². The third-order valence-electron chi connectivity index (χ3n) is 2.80. The van der Waals surface area contributed by atoms with Gasteiger partial charge < -0.3 is 10.2 Å². The van der Waals surface area contributed by atoms with Crippen LogP contribution in [0, 0.1) is 0 Å². The van der Waals surface area contributed by atoms with E-state index < -0.39 is 11.7 Å². The lowest BCUT2D eigenvalue weighted by Gasteiger charge is -2.28. The smallest absolute Gasteiger partial charge is 0.0878 e. The molecule has 0 aromatic heterocycles. The van der Waals surface area contributed by atoms with Crippen molar-refractivity contribution >= 4 is 11.6 Å². The molecule has 84 valence electrons. The van der Waals surface area contributed by atoms with Crippen LogP contribution in [-0.4, -0.2) is 21.9 Å². The van der Waals surface area contributed by atoms with Crippen molar-refractivity contribution in [3.05, 3.63) is 34.9 Å². The van der Waals surface area contributed by atoms with E-state index >= 15 is 0 Å². The summed E-state index contributed by atoms with van der Waals surface area (Å²) in [5.74, 6) is 0. The molecule has 0 heterocycles. The summed E-state index contributed by atoms with van der Waals surface area (Å²) in [5, 5.41) is 20.3. The van der Waals surface area contributed by atoms with E-state index in [9.17, 15) is 10.2 Å². The van der Waals surface area contributed by atoms with Gasteiger partial charge in [0.15, 0.2) is 0 Å². The first-order valence-electron chi connectivity index (χ1n) is 5.11. The van der Waals surface area contributed by atoms with Gasteiger partial charge in [0.1, 0.15) is 0 Å². The molecule has 3 heteroatoms. The molecule has 0 aliphatic heterocycles. The second kappa shape index (κ2) is 4.97. The van der Waals surface area contributed by atoms with Crippen LogP contribution in [0.25, 0.3) is 0 Å². The van der Waals surface area contributed by atoms with Gasteiger partial charge in [0, 0.05) is 11.4 Å². The second-order valence-corrected chi connectivity index (χ2v) is 4.43. The average Bonchev–Trinajstić information content (AvgIpc) is 2.21. The van der Waals surface area contributed by atoms with Gasteiger partial charge in [-0.05, 0) is 25.0 Å². The molecule has 0 bridgehead atoms. The highest BCUT2D eigenvalue weighted by Gasteiger charge is 2.28. The van der Waals surface area contributed by atoms with Crippen LogP contribution < -0.4 is 0 Å². The van der Waals surface area contributed by atoms with Crippen LogP contribution in [0.5, 0.6) is 0 Å². The Morgan fingerprint density at radius 1 is 1.40 bits per heavy atom. The van der Waals surface area contributed by atoms with Gasteiger partial charge in [-0.1, -0.05) is 36.7 Å². The molecule has 0 saturated carbocycles. The third-order valence-corrected chi connectivity index (χ3v) is 3.17. The quantitative estimate of drug-likeness (QED) is 0.831. The van der Waals surface area contributed by atoms with Gasteiger partial charge in [0.25, 0.3) is 0 Å². The number of aliphatic hydroxyl groups excluding tert-OH is 1. The van der Waals surface area contributed by atoms with Crippen molar-refractivity contribution in [3.63, 3.8) is 0 Å². The first kappa shape index (κ1) is 12.5. The predicted molar refractivity (Wildman–Crippen MR) is 62.1 cm³/mol. The fraction of sp³-hybridized carbons (Fsp3) is 0.500. The molecule has 0 saturated heterocycles. The fourth-order valence-corrected chi connectivity index (χ4v) is 1.54. The van der Waals surface area contributed by atoms with Gasteiger partial charge in [-0.15, -0.1) is 0 Å². The maximum absolute atomic E-state index is 9.85. The van der Waals surface area contributed by atoms with Crippen LogP contribution in [0.2, 0.25) is 5.02 Å². The Bertz CT molecular complexity index is 323. The monoisotopic (exact) mass is 228 g/mol. The molecule has 2 atom stereocenters. The molecule has 2 nitrogen and oxygen atoms in total. The normalized spacial score (nSPS) is 17.1. The highest BCUT2D eigenvalue weighted by Crippen LogP contribution is 2.22. The Morgan fingerprint density at radius 3 is 2.53 bits per heavy atom. The molecule has 0 amide bonds. The van der Waals surface area contributed by atoms with E-state index in [-0.39, 0.29) is 0 Å². The fourth-order valence-electron chi connectivity index (χ4n) is 1.33. The number of aliphatic hydroxyl groups is 2. The Hall–Kier alpha value is -0.570. The maximum atomic E-state index is 9.85. The van der Waals surface area contributed by atoms with Gasteiger partial charge in [-0.25, -0.2) is 0 Å². The zero-order chi connectivity index (χ0) is 11.5. The van der Waals surface area contributed by atoms with Crippen molar-refractivity contribution in [1.29, 1.82) is 0 Å². The van der Waals surface area contributed by atoms with Crippen molar-refractivity contribution in [3.8, 4) is 0 Å². The van der Waals surface area contributed by atoms with Crippen LogP contribution in [0.3, 0.4) is 0 Å². The summed E-state index contributed by atoms with van der Waals surface area (Å²) in [6.07, 6.45) is 0.0986. The Kier molecular flexibility index (Phi) is 4.14. The van der Waals surface area contributed by atoms with Gasteiger partial charge in [-0.2, -0.15) is 0 Å². The summed E-state index contributed by atoms with van der Waals surface area (Å²) in [5.41, 5.74) is -0.195. The number of halogens is 1. The molecule has 2 unspecified atom stereocenters. The van der Waals surface area contributed by atoms with Crippen LogP contribution in [0.4, 0.5) is 0 Å². The molecule has 0 fully saturated rings. The van der Waals surface area contributed by atoms with Gasteiger partial charge in [-0.3, -0.25) is 0 Å². The molecule has 0 aliphatic carbocycles. The minimum absolute atomic E-state index is 0.376. The standard InChI is InChI=1S/C12H17ClO2/c1-3-12(2,15)11(14)8-9-6-4-5-7-10(9)13/h4-7,11,14-15H,3,8H2,1-2H3. The van der Waals surface area contributed by atoms with Crippen LogP contribution >= 0.6 is 11.6 Å². The summed E-state index contributed by atoms with van der Waals surface area (Å²) in [6, 6.07) is 7.35. The number of benzene rings is 1. The van der Waals surface area contributed by atoms with Gasteiger partial charge in [0.05, 0.1) is 11.7 Å². The zero-order valence-electron chi connectivity index (χ0n) is 9.07. The Morgan fingerprint density at radius 2 is 2.00 bits per heavy atom. The van der Waals surface area contributed by atoms with Crippen LogP contribution in [-0.2, 0) is 6.42 Å². The number of hydrogen-bond acceptors (Lipinski definition) is 2. The highest BCUT2D eigenvalue weighted by molar-refractivity contribution is 6.31. The summed E-state index contributed by atoms with van der Waals surface area (Å²) in [7, 11) is 0. The minimum Gasteiger partial charge on any atom is -0.390 e. The molecule has 0 aliphatic rings. The Balaban J connectivity index is 2.75. The molecule has 1 aromatic carbocycles. The topological polar surface area (TPSA) is 40.5 Å². The minimum atomic E-state index is -1.06. The van der Waals surface area contributed by atoms with Crippen molar-refractivity contribution in [1.82, 2.24) is 0 Å². The third kappa shape index (κ3) is 3.20. The Labute approximate surface area is 95.5 Å². The first-order chi connectivity index (χ1) is 6.97. The summed E-state index contributed by atoms with van der Waals surface area (Å²) >= 11 is 5.97. The number of hydrogen-bond donors (Lipinski definition) is 2. The van der Waals surface area contributed by atoms with Gasteiger partial charge >= 0.3 is 0 Å². The lowest BCUT2D eigenvalue weighted by atomic mass is 9.91. The van der Waals surface area contributed by atoms with Crippen LogP contribution in [0.1, 0.15) is 25.8 Å². The zero-order valence-corrected chi connectivity index (χ0v) is 9.83. The van der Waals surface area contributed by atoms with E-state index in [2.05, 4.69) is 0 Å². The van der Waals surface area contributed by atoms with E-state index in [1.165, 1.54) is 0 Å². The maximum Gasteiger partial charge on any atom is 0.0878 e. The molecule has 0 spiro atoms. The SMILES string of the molecule is CCC(C)(O)C(O)Cc1ccccc1Cl. The average molecular weight is 229 g/mol. The molecule has 1 aromatic rings. The van der Waals surface area contributed by atoms with Crippen molar-refractivity contribution in [2.24, 2.45) is 0 Å². The van der Waals surface area contributed by atoms with E-state index in [1.807, 2.05) is 25.1 Å². The van der Waals surface area contributed by atoms with Crippen molar-refractivity contribution < 1.29 is 10.2 Å². The summed E-state index contributed by atoms with van der Waals surface area (Å²) < 4.78 is 0. The second-order valence-electron chi connectivity index (χ2n) is 4.02. The number of rotatable bonds is 4. The van der Waals surface area contributed by atoms with Crippen molar-refractivity contribution in [2.45, 2.75) is 38.4 Å². The predicted octanol–water partition coefficient (Wildman–Crippen LogP) is 2.40. The first-order valence-corrected chi connectivity index (χ1v) is 5.49. The summed E-state index contributed by atoms with van der Waals surface area (Å²) in [6.45, 7) is 3.48. The molecular formula is C12H17ClO2. The van der Waals surface area contributed by atoms with E-state index in [0.29, 0.717) is 17.9 Å². The highest BCUT2D eigenvalue weighted by atomic mass is 35.5. The van der Waals surface area contributed by atoms with E-state index in [1.54, 1.807) is 13.0 Å². The lowest BCUT2D eigenvalue weighted by molar-refractivity contribution is -0.0629. The molecular weight excluding hydrogens is 212 g/mol. The van der Waals surface area contributed by atoms with E-state index in [4.69, 9.17) is 11.6 Å².